The van der Waals surface area contributed by atoms with Gasteiger partial charge in [-0.2, -0.15) is 13.2 Å². The number of aryl methyl sites for hydroxylation is 1. The number of nitrogens with zero attached hydrogens (tertiary/aromatic N) is 3. The molecule has 0 fully saturated rings. The van der Waals surface area contributed by atoms with E-state index in [-0.39, 0.29) is 12.4 Å². The molecule has 1 amide bonds. The lowest BCUT2D eigenvalue weighted by Crippen LogP contribution is -2.37. The fraction of sp³-hybridized carbons (Fsp3) is 0.438. The van der Waals surface area contributed by atoms with E-state index in [1.54, 1.807) is 19.1 Å². The van der Waals surface area contributed by atoms with Gasteiger partial charge in [0.05, 0.1) is 0 Å². The summed E-state index contributed by atoms with van der Waals surface area (Å²) < 4.78 is 42.5. The van der Waals surface area contributed by atoms with Gasteiger partial charge in [0.2, 0.25) is 11.8 Å². The number of carbonyl (C=O) groups excluding carboxylic acids is 1. The molecule has 0 saturated carbocycles. The molecule has 5 nitrogen and oxygen atoms in total. The second-order valence-electron chi connectivity index (χ2n) is 5.28. The average molecular weight is 376 g/mol. The van der Waals surface area contributed by atoms with E-state index in [2.05, 4.69) is 14.6 Å². The zero-order valence-corrected chi connectivity index (χ0v) is 14.4. The molecule has 136 valence electrons. The number of rotatable bonds is 6. The Hall–Kier alpha value is -2.09. The highest BCUT2D eigenvalue weighted by Gasteiger charge is 2.38. The molecule has 25 heavy (non-hydrogen) atoms. The maximum Gasteiger partial charge on any atom is 0.470 e. The third-order valence-corrected chi connectivity index (χ3v) is 4.05. The third-order valence-electron chi connectivity index (χ3n) is 3.56. The van der Waals surface area contributed by atoms with Crippen LogP contribution in [-0.2, 0) is 23.9 Å². The number of benzene rings is 1. The summed E-state index contributed by atoms with van der Waals surface area (Å²) in [5.41, 5.74) is 1.41. The van der Waals surface area contributed by atoms with Crippen molar-refractivity contribution >= 4 is 23.2 Å². The molecule has 1 unspecified atom stereocenters. The topological polar surface area (TPSA) is 59.2 Å². The Bertz CT molecular complexity index is 733. The SMILES string of the molecule is CCc1ccccc1N(Cc1nnc(C(F)(F)F)o1)C(=O)C(Cl)CC. The van der Waals surface area contributed by atoms with Crippen LogP contribution in [0, 0.1) is 0 Å². The minimum Gasteiger partial charge on any atom is -0.415 e. The number of para-hydroxylation sites is 1. The summed E-state index contributed by atoms with van der Waals surface area (Å²) >= 11 is 6.06. The van der Waals surface area contributed by atoms with Crippen molar-refractivity contribution in [3.63, 3.8) is 0 Å². The molecule has 0 spiro atoms. The first-order chi connectivity index (χ1) is 11.8. The normalized spacial score (nSPS) is 12.9. The van der Waals surface area contributed by atoms with Gasteiger partial charge in [-0.25, -0.2) is 0 Å². The van der Waals surface area contributed by atoms with Crippen LogP contribution in [0.15, 0.2) is 28.7 Å². The van der Waals surface area contributed by atoms with Crippen LogP contribution >= 0.6 is 11.6 Å². The molecule has 0 radical (unpaired) electrons. The number of hydrogen-bond donors (Lipinski definition) is 0. The predicted molar refractivity (Wildman–Crippen MR) is 86.2 cm³/mol. The lowest BCUT2D eigenvalue weighted by atomic mass is 10.1. The standard InChI is InChI=1S/C16H17ClF3N3O2/c1-3-10-7-5-6-8-12(10)23(14(24)11(17)4-2)9-13-21-22-15(25-13)16(18,19)20/h5-8,11H,3-4,9H2,1-2H3. The van der Waals surface area contributed by atoms with Crippen molar-refractivity contribution < 1.29 is 22.4 Å². The second-order valence-corrected chi connectivity index (χ2v) is 5.81. The van der Waals surface area contributed by atoms with Crippen LogP contribution < -0.4 is 4.90 Å². The van der Waals surface area contributed by atoms with E-state index in [4.69, 9.17) is 11.6 Å². The van der Waals surface area contributed by atoms with Crippen LogP contribution in [0.5, 0.6) is 0 Å². The lowest BCUT2D eigenvalue weighted by Gasteiger charge is -2.25. The number of amides is 1. The van der Waals surface area contributed by atoms with Gasteiger partial charge in [0.1, 0.15) is 11.9 Å². The summed E-state index contributed by atoms with van der Waals surface area (Å²) in [7, 11) is 0. The summed E-state index contributed by atoms with van der Waals surface area (Å²) in [6.45, 7) is 3.37. The highest BCUT2D eigenvalue weighted by molar-refractivity contribution is 6.32. The minimum absolute atomic E-state index is 0.290. The van der Waals surface area contributed by atoms with Crippen molar-refractivity contribution in [2.75, 3.05) is 4.90 Å². The maximum absolute atomic E-state index is 12.6. The summed E-state index contributed by atoms with van der Waals surface area (Å²) in [5, 5.41) is 5.58. The molecule has 1 atom stereocenters. The van der Waals surface area contributed by atoms with E-state index in [0.717, 1.165) is 5.56 Å². The van der Waals surface area contributed by atoms with Crippen molar-refractivity contribution in [3.05, 3.63) is 41.6 Å². The highest BCUT2D eigenvalue weighted by atomic mass is 35.5. The van der Waals surface area contributed by atoms with Gasteiger partial charge in [-0.15, -0.1) is 21.8 Å². The van der Waals surface area contributed by atoms with Crippen molar-refractivity contribution in [2.24, 2.45) is 0 Å². The largest absolute Gasteiger partial charge is 0.470 e. The van der Waals surface area contributed by atoms with Crippen LogP contribution in [0.25, 0.3) is 0 Å². The molecule has 0 N–H and O–H groups in total. The molecule has 2 rings (SSSR count). The van der Waals surface area contributed by atoms with Crippen molar-refractivity contribution in [3.8, 4) is 0 Å². The Morgan fingerprint density at radius 2 is 1.96 bits per heavy atom. The van der Waals surface area contributed by atoms with E-state index in [1.807, 2.05) is 19.1 Å². The van der Waals surface area contributed by atoms with Gasteiger partial charge in [0.25, 0.3) is 0 Å². The molecular weight excluding hydrogens is 359 g/mol. The van der Waals surface area contributed by atoms with Crippen molar-refractivity contribution in [1.82, 2.24) is 10.2 Å². The molecular formula is C16H17ClF3N3O2. The summed E-state index contributed by atoms with van der Waals surface area (Å²) in [6, 6.07) is 7.09. The van der Waals surface area contributed by atoms with Crippen LogP contribution in [0.4, 0.5) is 18.9 Å². The molecule has 0 bridgehead atoms. The number of anilines is 1. The van der Waals surface area contributed by atoms with E-state index in [0.29, 0.717) is 18.5 Å². The van der Waals surface area contributed by atoms with Gasteiger partial charge >= 0.3 is 12.1 Å². The van der Waals surface area contributed by atoms with Gasteiger partial charge in [-0.05, 0) is 24.5 Å². The van der Waals surface area contributed by atoms with Gasteiger partial charge in [-0.1, -0.05) is 32.0 Å². The van der Waals surface area contributed by atoms with E-state index in [9.17, 15) is 18.0 Å². The number of halogens is 4. The minimum atomic E-state index is -4.74. The zero-order valence-electron chi connectivity index (χ0n) is 13.7. The molecule has 0 saturated heterocycles. The molecule has 0 aliphatic rings. The fourth-order valence-electron chi connectivity index (χ4n) is 2.27. The molecule has 0 aliphatic heterocycles. The maximum atomic E-state index is 12.6. The number of alkyl halides is 4. The Balaban J connectivity index is 2.38. The summed E-state index contributed by atoms with van der Waals surface area (Å²) in [5.74, 6) is -2.19. The Labute approximate surface area is 147 Å². The fourth-order valence-corrected chi connectivity index (χ4v) is 2.38. The van der Waals surface area contributed by atoms with Crippen molar-refractivity contribution in [1.29, 1.82) is 0 Å². The number of aromatic nitrogens is 2. The Morgan fingerprint density at radius 1 is 1.28 bits per heavy atom. The molecule has 1 heterocycles. The molecule has 1 aromatic heterocycles. The van der Waals surface area contributed by atoms with E-state index >= 15 is 0 Å². The van der Waals surface area contributed by atoms with Crippen molar-refractivity contribution in [2.45, 2.75) is 44.8 Å². The van der Waals surface area contributed by atoms with Gasteiger partial charge in [0, 0.05) is 5.69 Å². The monoisotopic (exact) mass is 375 g/mol. The first-order valence-corrected chi connectivity index (χ1v) is 8.14. The lowest BCUT2D eigenvalue weighted by molar-refractivity contribution is -0.157. The Kier molecular flexibility index (Phi) is 6.05. The summed E-state index contributed by atoms with van der Waals surface area (Å²) in [6.07, 6.45) is -3.72. The smallest absolute Gasteiger partial charge is 0.415 e. The van der Waals surface area contributed by atoms with E-state index < -0.39 is 23.4 Å². The van der Waals surface area contributed by atoms with Gasteiger partial charge < -0.3 is 9.32 Å². The molecule has 2 aromatic rings. The first-order valence-electron chi connectivity index (χ1n) is 7.70. The van der Waals surface area contributed by atoms with Crippen LogP contribution in [0.1, 0.15) is 37.6 Å². The summed E-state index contributed by atoms with van der Waals surface area (Å²) in [4.78, 5) is 13.9. The second kappa shape index (κ2) is 7.86. The number of hydrogen-bond acceptors (Lipinski definition) is 4. The number of carbonyl (C=O) groups is 1. The highest BCUT2D eigenvalue weighted by Crippen LogP contribution is 2.29. The van der Waals surface area contributed by atoms with Gasteiger partial charge in [0.15, 0.2) is 0 Å². The molecule has 0 aliphatic carbocycles. The van der Waals surface area contributed by atoms with E-state index in [1.165, 1.54) is 4.90 Å². The quantitative estimate of drug-likeness (QED) is 0.710. The predicted octanol–water partition coefficient (Wildman–Crippen LogP) is 4.20. The molecule has 9 heteroatoms. The van der Waals surface area contributed by atoms with Crippen LogP contribution in [0.2, 0.25) is 0 Å². The zero-order chi connectivity index (χ0) is 18.6. The van der Waals surface area contributed by atoms with Crippen LogP contribution in [0.3, 0.4) is 0 Å². The average Bonchev–Trinajstić information content (AvgIpc) is 3.07. The van der Waals surface area contributed by atoms with Crippen LogP contribution in [-0.4, -0.2) is 21.5 Å². The molecule has 1 aromatic carbocycles. The third kappa shape index (κ3) is 4.50. The van der Waals surface area contributed by atoms with Gasteiger partial charge in [-0.3, -0.25) is 4.79 Å². The Morgan fingerprint density at radius 3 is 2.52 bits per heavy atom. The first kappa shape index (κ1) is 19.2.